The van der Waals surface area contributed by atoms with Gasteiger partial charge in [-0.3, -0.25) is 9.59 Å². The molecule has 0 aliphatic heterocycles. The van der Waals surface area contributed by atoms with Crippen molar-refractivity contribution in [2.24, 2.45) is 5.92 Å². The van der Waals surface area contributed by atoms with Crippen LogP contribution in [0.5, 0.6) is 0 Å². The molecule has 0 saturated carbocycles. The second-order valence-corrected chi connectivity index (χ2v) is 7.58. The zero-order chi connectivity index (χ0) is 19.4. The topological polar surface area (TPSA) is 71.1 Å². The summed E-state index contributed by atoms with van der Waals surface area (Å²) in [7, 11) is 0. The van der Waals surface area contributed by atoms with E-state index in [0.29, 0.717) is 0 Å². The standard InChI is InChI=1S/C20H20FN3O2S/c1-12(2)18(24-19(25)13-7-3-4-8-14(13)21)20(26)22-11-17-23-15-9-5-6-10-16(15)27-17/h3-10,12,18H,11H2,1-2H3,(H,22,26)(H,24,25). The van der Waals surface area contributed by atoms with E-state index < -0.39 is 17.8 Å². The summed E-state index contributed by atoms with van der Waals surface area (Å²) >= 11 is 1.51. The number of hydrogen-bond donors (Lipinski definition) is 2. The van der Waals surface area contributed by atoms with E-state index in [1.54, 1.807) is 6.07 Å². The molecule has 7 heteroatoms. The molecule has 140 valence electrons. The number of fused-ring (bicyclic) bond motifs is 1. The Bertz CT molecular complexity index is 938. The van der Waals surface area contributed by atoms with Crippen LogP contribution < -0.4 is 10.6 Å². The Morgan fingerprint density at radius 2 is 1.81 bits per heavy atom. The van der Waals surface area contributed by atoms with Gasteiger partial charge in [0.15, 0.2) is 0 Å². The van der Waals surface area contributed by atoms with E-state index in [-0.39, 0.29) is 23.9 Å². The zero-order valence-electron chi connectivity index (χ0n) is 15.0. The van der Waals surface area contributed by atoms with Crippen molar-refractivity contribution in [3.8, 4) is 0 Å². The molecule has 1 aromatic heterocycles. The quantitative estimate of drug-likeness (QED) is 0.682. The van der Waals surface area contributed by atoms with E-state index in [1.807, 2.05) is 38.1 Å². The third-order valence-corrected chi connectivity index (χ3v) is 5.14. The molecule has 27 heavy (non-hydrogen) atoms. The van der Waals surface area contributed by atoms with Crippen LogP contribution in [0, 0.1) is 11.7 Å². The van der Waals surface area contributed by atoms with Gasteiger partial charge in [0.2, 0.25) is 5.91 Å². The van der Waals surface area contributed by atoms with E-state index >= 15 is 0 Å². The molecular weight excluding hydrogens is 365 g/mol. The van der Waals surface area contributed by atoms with Crippen LogP contribution in [0.3, 0.4) is 0 Å². The van der Waals surface area contributed by atoms with Crippen LogP contribution in [0.2, 0.25) is 0 Å². The van der Waals surface area contributed by atoms with Gasteiger partial charge in [-0.1, -0.05) is 38.1 Å². The minimum atomic E-state index is -0.772. The highest BCUT2D eigenvalue weighted by Gasteiger charge is 2.25. The normalized spacial score (nSPS) is 12.1. The summed E-state index contributed by atoms with van der Waals surface area (Å²) in [4.78, 5) is 29.4. The first-order valence-electron chi connectivity index (χ1n) is 8.63. The van der Waals surface area contributed by atoms with Gasteiger partial charge in [-0.15, -0.1) is 11.3 Å². The maximum absolute atomic E-state index is 13.8. The molecule has 2 N–H and O–H groups in total. The van der Waals surface area contributed by atoms with Gasteiger partial charge in [0, 0.05) is 0 Å². The molecule has 0 aliphatic carbocycles. The fraction of sp³-hybridized carbons (Fsp3) is 0.250. The lowest BCUT2D eigenvalue weighted by Crippen LogP contribution is -2.49. The van der Waals surface area contributed by atoms with Crippen LogP contribution in [0.4, 0.5) is 4.39 Å². The molecule has 0 fully saturated rings. The first kappa shape index (κ1) is 19.0. The number of nitrogens with one attached hydrogen (secondary N) is 2. The number of rotatable bonds is 6. The Morgan fingerprint density at radius 3 is 2.52 bits per heavy atom. The summed E-state index contributed by atoms with van der Waals surface area (Å²) in [5.74, 6) is -1.71. The highest BCUT2D eigenvalue weighted by atomic mass is 32.1. The van der Waals surface area contributed by atoms with Crippen molar-refractivity contribution in [3.05, 3.63) is 64.9 Å². The first-order chi connectivity index (χ1) is 13.0. The monoisotopic (exact) mass is 385 g/mol. The van der Waals surface area contributed by atoms with E-state index in [2.05, 4.69) is 15.6 Å². The van der Waals surface area contributed by atoms with Crippen LogP contribution in [-0.2, 0) is 11.3 Å². The third-order valence-electron chi connectivity index (χ3n) is 4.11. The van der Waals surface area contributed by atoms with Crippen molar-refractivity contribution >= 4 is 33.4 Å². The molecule has 2 aromatic carbocycles. The number of halogens is 1. The second-order valence-electron chi connectivity index (χ2n) is 6.47. The predicted octanol–water partition coefficient (Wildman–Crippen LogP) is 3.51. The van der Waals surface area contributed by atoms with Gasteiger partial charge in [-0.25, -0.2) is 9.37 Å². The van der Waals surface area contributed by atoms with Gasteiger partial charge < -0.3 is 10.6 Å². The van der Waals surface area contributed by atoms with Crippen LogP contribution in [0.15, 0.2) is 48.5 Å². The molecule has 0 aliphatic rings. The largest absolute Gasteiger partial charge is 0.348 e. The Balaban J connectivity index is 1.66. The SMILES string of the molecule is CC(C)C(NC(=O)c1ccccc1F)C(=O)NCc1nc2ccccc2s1. The highest BCUT2D eigenvalue weighted by molar-refractivity contribution is 7.18. The van der Waals surface area contributed by atoms with Gasteiger partial charge in [0.1, 0.15) is 16.9 Å². The number of carbonyl (C=O) groups is 2. The maximum Gasteiger partial charge on any atom is 0.254 e. The zero-order valence-corrected chi connectivity index (χ0v) is 15.8. The second kappa shape index (κ2) is 8.26. The Morgan fingerprint density at radius 1 is 1.11 bits per heavy atom. The van der Waals surface area contributed by atoms with Crippen LogP contribution >= 0.6 is 11.3 Å². The molecule has 2 amide bonds. The Kier molecular flexibility index (Phi) is 5.81. The molecule has 1 unspecified atom stereocenters. The number of thiazole rings is 1. The number of aromatic nitrogens is 1. The van der Waals surface area contributed by atoms with Crippen LogP contribution in [-0.4, -0.2) is 22.8 Å². The molecule has 5 nitrogen and oxygen atoms in total. The summed E-state index contributed by atoms with van der Waals surface area (Å²) in [6, 6.07) is 12.7. The molecule has 0 spiro atoms. The van der Waals surface area contributed by atoms with Crippen LogP contribution in [0.25, 0.3) is 10.2 Å². The minimum Gasteiger partial charge on any atom is -0.348 e. The number of amides is 2. The van der Waals surface area contributed by atoms with Gasteiger partial charge >= 0.3 is 0 Å². The first-order valence-corrected chi connectivity index (χ1v) is 9.45. The lowest BCUT2D eigenvalue weighted by atomic mass is 10.0. The van der Waals surface area contributed by atoms with E-state index in [0.717, 1.165) is 15.2 Å². The number of para-hydroxylation sites is 1. The van der Waals surface area contributed by atoms with Gasteiger partial charge in [-0.05, 0) is 30.2 Å². The van der Waals surface area contributed by atoms with E-state index in [9.17, 15) is 14.0 Å². The lowest BCUT2D eigenvalue weighted by Gasteiger charge is -2.21. The lowest BCUT2D eigenvalue weighted by molar-refractivity contribution is -0.124. The summed E-state index contributed by atoms with van der Waals surface area (Å²) in [6.45, 7) is 3.92. The number of carbonyl (C=O) groups excluding carboxylic acids is 2. The number of hydrogen-bond acceptors (Lipinski definition) is 4. The maximum atomic E-state index is 13.8. The van der Waals surface area contributed by atoms with Gasteiger partial charge in [0.05, 0.1) is 22.3 Å². The molecule has 1 heterocycles. The van der Waals surface area contributed by atoms with Crippen LogP contribution in [0.1, 0.15) is 29.2 Å². The summed E-state index contributed by atoms with van der Waals surface area (Å²) in [6.07, 6.45) is 0. The van der Waals surface area contributed by atoms with Gasteiger partial charge in [0.25, 0.3) is 5.91 Å². The van der Waals surface area contributed by atoms with Crippen molar-refractivity contribution in [3.63, 3.8) is 0 Å². The average molecular weight is 385 g/mol. The molecule has 0 saturated heterocycles. The molecule has 3 aromatic rings. The Hall–Kier alpha value is -2.80. The van der Waals surface area contributed by atoms with Crippen molar-refractivity contribution in [2.45, 2.75) is 26.4 Å². The van der Waals surface area contributed by atoms with Crippen molar-refractivity contribution in [1.82, 2.24) is 15.6 Å². The minimum absolute atomic E-state index is 0.0814. The smallest absolute Gasteiger partial charge is 0.254 e. The molecule has 3 rings (SSSR count). The highest BCUT2D eigenvalue weighted by Crippen LogP contribution is 2.21. The summed E-state index contributed by atoms with van der Waals surface area (Å²) in [5.41, 5.74) is 0.808. The molecule has 0 bridgehead atoms. The molecule has 1 atom stereocenters. The fourth-order valence-electron chi connectivity index (χ4n) is 2.67. The van der Waals surface area contributed by atoms with Crippen molar-refractivity contribution < 1.29 is 14.0 Å². The van der Waals surface area contributed by atoms with E-state index in [4.69, 9.17) is 0 Å². The molecular formula is C20H20FN3O2S. The Labute approximate surface area is 160 Å². The summed E-state index contributed by atoms with van der Waals surface area (Å²) in [5, 5.41) is 6.23. The average Bonchev–Trinajstić information content (AvgIpc) is 3.07. The number of nitrogens with zero attached hydrogens (tertiary/aromatic N) is 1. The third kappa shape index (κ3) is 4.49. The van der Waals surface area contributed by atoms with E-state index in [1.165, 1.54) is 29.5 Å². The van der Waals surface area contributed by atoms with Crippen molar-refractivity contribution in [1.29, 1.82) is 0 Å². The van der Waals surface area contributed by atoms with Gasteiger partial charge in [-0.2, -0.15) is 0 Å². The number of benzene rings is 2. The fourth-order valence-corrected chi connectivity index (χ4v) is 3.57. The van der Waals surface area contributed by atoms with Crippen molar-refractivity contribution in [2.75, 3.05) is 0 Å². The summed E-state index contributed by atoms with van der Waals surface area (Å²) < 4.78 is 14.8. The predicted molar refractivity (Wildman–Crippen MR) is 104 cm³/mol. The molecule has 0 radical (unpaired) electrons.